The van der Waals surface area contributed by atoms with E-state index in [0.717, 1.165) is 23.3 Å². The summed E-state index contributed by atoms with van der Waals surface area (Å²) in [5, 5.41) is 18.3. The maximum Gasteiger partial charge on any atom is 0.191 e. The molecule has 2 aromatic rings. The van der Waals surface area contributed by atoms with Crippen molar-refractivity contribution in [3.8, 4) is 0 Å². The van der Waals surface area contributed by atoms with Crippen LogP contribution in [0.25, 0.3) is 10.1 Å². The summed E-state index contributed by atoms with van der Waals surface area (Å²) in [5.74, 6) is 1.54. The lowest BCUT2D eigenvalue weighted by Gasteiger charge is -2.25. The average Bonchev–Trinajstić information content (AvgIpc) is 3.34. The largest absolute Gasteiger partial charge is 0.386 e. The van der Waals surface area contributed by atoms with E-state index in [1.807, 2.05) is 12.1 Å². The van der Waals surface area contributed by atoms with Gasteiger partial charge in [-0.15, -0.1) is 35.3 Å². The normalized spacial score (nSPS) is 17.0. The lowest BCUT2D eigenvalue weighted by molar-refractivity contribution is 0.184. The van der Waals surface area contributed by atoms with Gasteiger partial charge in [0, 0.05) is 35.8 Å². The number of aliphatic imine (C=N–C) groups is 1. The monoisotopic (exact) mass is 488 g/mol. The van der Waals surface area contributed by atoms with Gasteiger partial charge >= 0.3 is 0 Å². The first-order valence-corrected chi connectivity index (χ1v) is 9.67. The standard InChI is InChI=1S/C19H28N4OS.HI/c1-20-19(21-11-15(23(2)3)13-8-9-13)22-12-16(24)18-10-14-6-4-5-7-17(14)25-18;/h4-7,10,13,15-16,24H,8-9,11-12H2,1-3H3,(H2,20,21,22);1H. The number of guanidine groups is 1. The number of aliphatic hydroxyl groups excluding tert-OH is 1. The molecule has 2 unspecified atom stereocenters. The second-order valence-electron chi connectivity index (χ2n) is 6.90. The Kier molecular flexibility index (Phi) is 8.12. The van der Waals surface area contributed by atoms with Gasteiger partial charge in [-0.25, -0.2) is 0 Å². The Morgan fingerprint density at radius 1 is 1.27 bits per heavy atom. The molecule has 1 aromatic carbocycles. The fraction of sp³-hybridized carbons (Fsp3) is 0.526. The molecular weight excluding hydrogens is 459 g/mol. The molecule has 1 fully saturated rings. The van der Waals surface area contributed by atoms with E-state index in [9.17, 15) is 5.11 Å². The van der Waals surface area contributed by atoms with Crippen LogP contribution >= 0.6 is 35.3 Å². The molecule has 2 atom stereocenters. The second-order valence-corrected chi connectivity index (χ2v) is 8.02. The molecule has 0 radical (unpaired) electrons. The lowest BCUT2D eigenvalue weighted by Crippen LogP contribution is -2.46. The van der Waals surface area contributed by atoms with Crippen molar-refractivity contribution < 1.29 is 5.11 Å². The highest BCUT2D eigenvalue weighted by molar-refractivity contribution is 14.0. The van der Waals surface area contributed by atoms with Crippen molar-refractivity contribution in [1.82, 2.24) is 15.5 Å². The third-order valence-corrected chi connectivity index (χ3v) is 5.98. The first kappa shape index (κ1) is 21.4. The van der Waals surface area contributed by atoms with Crippen LogP contribution in [0, 0.1) is 5.92 Å². The Morgan fingerprint density at radius 3 is 2.58 bits per heavy atom. The van der Waals surface area contributed by atoms with Crippen LogP contribution in [-0.4, -0.2) is 56.2 Å². The molecule has 1 aliphatic rings. The van der Waals surface area contributed by atoms with Gasteiger partial charge in [0.1, 0.15) is 6.10 Å². The van der Waals surface area contributed by atoms with E-state index in [0.29, 0.717) is 12.6 Å². The third kappa shape index (κ3) is 5.55. The predicted molar refractivity (Wildman–Crippen MR) is 122 cm³/mol. The molecule has 1 aromatic heterocycles. The Morgan fingerprint density at radius 2 is 1.96 bits per heavy atom. The third-order valence-electron chi connectivity index (χ3n) is 4.77. The number of likely N-dealkylation sites (N-methyl/N-ethyl adjacent to an activating group) is 1. The van der Waals surface area contributed by atoms with Crippen LogP contribution < -0.4 is 10.6 Å². The highest BCUT2D eigenvalue weighted by atomic mass is 127. The van der Waals surface area contributed by atoms with Crippen LogP contribution in [0.2, 0.25) is 0 Å². The zero-order valence-corrected chi connectivity index (χ0v) is 18.8. The predicted octanol–water partition coefficient (Wildman–Crippen LogP) is 3.06. The summed E-state index contributed by atoms with van der Waals surface area (Å²) in [7, 11) is 6.03. The lowest BCUT2D eigenvalue weighted by atomic mass is 10.1. The van der Waals surface area contributed by atoms with Crippen LogP contribution in [0.15, 0.2) is 35.3 Å². The molecule has 3 rings (SSSR count). The zero-order chi connectivity index (χ0) is 17.8. The Bertz CT molecular complexity index is 694. The van der Waals surface area contributed by atoms with Gasteiger partial charge in [0.15, 0.2) is 5.96 Å². The number of hydrogen-bond acceptors (Lipinski definition) is 4. The molecule has 1 saturated carbocycles. The van der Waals surface area contributed by atoms with Crippen LogP contribution in [0.5, 0.6) is 0 Å². The molecule has 1 aliphatic carbocycles. The number of rotatable bonds is 7. The van der Waals surface area contributed by atoms with E-state index in [-0.39, 0.29) is 24.0 Å². The van der Waals surface area contributed by atoms with Gasteiger partial charge in [-0.2, -0.15) is 0 Å². The first-order chi connectivity index (χ1) is 12.1. The molecule has 5 nitrogen and oxygen atoms in total. The summed E-state index contributed by atoms with van der Waals surface area (Å²) in [4.78, 5) is 7.54. The van der Waals surface area contributed by atoms with E-state index in [1.165, 1.54) is 22.9 Å². The number of nitrogens with one attached hydrogen (secondary N) is 2. The van der Waals surface area contributed by atoms with Crippen molar-refractivity contribution in [2.45, 2.75) is 25.0 Å². The average molecular weight is 488 g/mol. The van der Waals surface area contributed by atoms with Gasteiger partial charge in [-0.3, -0.25) is 4.99 Å². The van der Waals surface area contributed by atoms with Crippen molar-refractivity contribution in [3.05, 3.63) is 35.2 Å². The van der Waals surface area contributed by atoms with Gasteiger partial charge in [0.05, 0.1) is 0 Å². The minimum atomic E-state index is -0.538. The maximum atomic E-state index is 10.5. The number of benzene rings is 1. The second kappa shape index (κ2) is 9.87. The fourth-order valence-electron chi connectivity index (χ4n) is 3.13. The quantitative estimate of drug-likeness (QED) is 0.319. The molecule has 0 saturated heterocycles. The van der Waals surface area contributed by atoms with Crippen molar-refractivity contribution in [1.29, 1.82) is 0 Å². The smallest absolute Gasteiger partial charge is 0.191 e. The van der Waals surface area contributed by atoms with Gasteiger partial charge in [-0.05, 0) is 50.4 Å². The fourth-order valence-corrected chi connectivity index (χ4v) is 4.18. The summed E-state index contributed by atoms with van der Waals surface area (Å²) in [6, 6.07) is 10.8. The summed E-state index contributed by atoms with van der Waals surface area (Å²) >= 11 is 1.64. The van der Waals surface area contributed by atoms with Crippen molar-refractivity contribution >= 4 is 51.4 Å². The topological polar surface area (TPSA) is 59.9 Å². The SMILES string of the molecule is CN=C(NCC(O)c1cc2ccccc2s1)NCC(C1CC1)N(C)C.I. The van der Waals surface area contributed by atoms with E-state index < -0.39 is 6.10 Å². The Balaban J connectivity index is 0.00000243. The van der Waals surface area contributed by atoms with Gasteiger partial charge in [-0.1, -0.05) is 18.2 Å². The molecule has 0 bridgehead atoms. The van der Waals surface area contributed by atoms with Gasteiger partial charge in [0.25, 0.3) is 0 Å². The Hall–Kier alpha value is -0.900. The van der Waals surface area contributed by atoms with E-state index in [4.69, 9.17) is 0 Å². The molecule has 0 amide bonds. The minimum Gasteiger partial charge on any atom is -0.386 e. The first-order valence-electron chi connectivity index (χ1n) is 8.86. The minimum absolute atomic E-state index is 0. The van der Waals surface area contributed by atoms with Gasteiger partial charge < -0.3 is 20.6 Å². The number of aliphatic hydroxyl groups is 1. The molecule has 26 heavy (non-hydrogen) atoms. The highest BCUT2D eigenvalue weighted by Crippen LogP contribution is 2.34. The van der Waals surface area contributed by atoms with Crippen LogP contribution in [-0.2, 0) is 0 Å². The van der Waals surface area contributed by atoms with Crippen molar-refractivity contribution in [3.63, 3.8) is 0 Å². The maximum absolute atomic E-state index is 10.5. The molecule has 3 N–H and O–H groups in total. The number of fused-ring (bicyclic) bond motifs is 1. The van der Waals surface area contributed by atoms with E-state index in [2.05, 4.69) is 52.8 Å². The number of hydrogen-bond donors (Lipinski definition) is 3. The van der Waals surface area contributed by atoms with E-state index >= 15 is 0 Å². The van der Waals surface area contributed by atoms with Gasteiger partial charge in [0.2, 0.25) is 0 Å². The number of nitrogens with zero attached hydrogens (tertiary/aromatic N) is 2. The molecule has 144 valence electrons. The number of thiophene rings is 1. The summed E-state index contributed by atoms with van der Waals surface area (Å²) < 4.78 is 1.21. The van der Waals surface area contributed by atoms with Crippen molar-refractivity contribution in [2.75, 3.05) is 34.2 Å². The van der Waals surface area contributed by atoms with Crippen molar-refractivity contribution in [2.24, 2.45) is 10.9 Å². The number of halogens is 1. The van der Waals surface area contributed by atoms with Crippen LogP contribution in [0.3, 0.4) is 0 Å². The zero-order valence-electron chi connectivity index (χ0n) is 15.6. The van der Waals surface area contributed by atoms with Crippen LogP contribution in [0.1, 0.15) is 23.8 Å². The molecule has 0 aliphatic heterocycles. The molecular formula is C19H29IN4OS. The summed E-state index contributed by atoms with van der Waals surface area (Å²) in [6.07, 6.45) is 2.10. The summed E-state index contributed by atoms with van der Waals surface area (Å²) in [5.41, 5.74) is 0. The molecule has 7 heteroatoms. The van der Waals surface area contributed by atoms with Crippen LogP contribution in [0.4, 0.5) is 0 Å². The van der Waals surface area contributed by atoms with E-state index in [1.54, 1.807) is 18.4 Å². The summed E-state index contributed by atoms with van der Waals surface area (Å²) in [6.45, 7) is 1.32. The molecule has 1 heterocycles. The Labute approximate surface area is 176 Å². The highest BCUT2D eigenvalue weighted by Gasteiger charge is 2.32. The molecule has 0 spiro atoms.